The van der Waals surface area contributed by atoms with Crippen molar-refractivity contribution in [1.29, 1.82) is 0 Å². The number of nitrogens with zero attached hydrogens (tertiary/aromatic N) is 5. The van der Waals surface area contributed by atoms with E-state index < -0.39 is 0 Å². The molecule has 179 valence electrons. The van der Waals surface area contributed by atoms with Gasteiger partial charge in [0.2, 0.25) is 0 Å². The zero-order valence-electron chi connectivity index (χ0n) is 22.0. The SMILES string of the molecule is CC.CC.CC(C[C@@H]1c2ccccc2-c2n1nc[n+]2C)c1ccccc1-c1nccn1C.[CH3-].[Y]. The molecule has 2 atom stereocenters. The third-order valence-electron chi connectivity index (χ3n) is 5.89. The third-order valence-corrected chi connectivity index (χ3v) is 5.89. The van der Waals surface area contributed by atoms with Crippen LogP contribution in [0, 0.1) is 7.43 Å². The summed E-state index contributed by atoms with van der Waals surface area (Å²) in [6.45, 7) is 10.3. The first kappa shape index (κ1) is 29.9. The molecule has 0 aliphatic carbocycles. The average molecular weight is 535 g/mol. The van der Waals surface area contributed by atoms with Gasteiger partial charge in [-0.1, -0.05) is 77.1 Å². The molecular weight excluding hydrogens is 495 g/mol. The molecule has 1 radical (unpaired) electrons. The number of aryl methyl sites for hydroxylation is 2. The van der Waals surface area contributed by atoms with Gasteiger partial charge < -0.3 is 12.0 Å². The van der Waals surface area contributed by atoms with Gasteiger partial charge in [-0.3, -0.25) is 0 Å². The van der Waals surface area contributed by atoms with Crippen molar-refractivity contribution in [3.63, 3.8) is 0 Å². The summed E-state index contributed by atoms with van der Waals surface area (Å²) in [5, 5.41) is 4.69. The predicted octanol–water partition coefficient (Wildman–Crippen LogP) is 6.37. The summed E-state index contributed by atoms with van der Waals surface area (Å²) in [6, 6.07) is 17.6. The molecule has 2 aromatic heterocycles. The van der Waals surface area contributed by atoms with Gasteiger partial charge in [-0.15, -0.1) is 4.68 Å². The van der Waals surface area contributed by atoms with Crippen LogP contribution in [-0.2, 0) is 46.8 Å². The van der Waals surface area contributed by atoms with Crippen LogP contribution in [0.2, 0.25) is 0 Å². The summed E-state index contributed by atoms with van der Waals surface area (Å²) in [5.74, 6) is 2.57. The van der Waals surface area contributed by atoms with Crippen molar-refractivity contribution < 1.29 is 37.3 Å². The van der Waals surface area contributed by atoms with Crippen LogP contribution in [0.25, 0.3) is 22.8 Å². The second-order valence-electron chi connectivity index (χ2n) is 7.70. The first-order valence-corrected chi connectivity index (χ1v) is 11.7. The van der Waals surface area contributed by atoms with Crippen molar-refractivity contribution in [2.75, 3.05) is 0 Å². The minimum atomic E-state index is 0. The van der Waals surface area contributed by atoms with Gasteiger partial charge in [-0.25, -0.2) is 9.55 Å². The summed E-state index contributed by atoms with van der Waals surface area (Å²) < 4.78 is 6.39. The molecule has 2 aromatic carbocycles. The quantitative estimate of drug-likeness (QED) is 0.225. The Bertz CT molecular complexity index is 1160. The van der Waals surface area contributed by atoms with Crippen LogP contribution in [-0.4, -0.2) is 19.3 Å². The molecule has 5 rings (SSSR count). The molecule has 3 heterocycles. The van der Waals surface area contributed by atoms with E-state index in [2.05, 4.69) is 86.4 Å². The predicted molar refractivity (Wildman–Crippen MR) is 138 cm³/mol. The summed E-state index contributed by atoms with van der Waals surface area (Å²) in [5.41, 5.74) is 5.19. The Balaban J connectivity index is 0.000000917. The zero-order chi connectivity index (χ0) is 23.3. The molecule has 34 heavy (non-hydrogen) atoms. The fraction of sp³-hybridized carbons (Fsp3) is 0.357. The van der Waals surface area contributed by atoms with Crippen molar-refractivity contribution in [3.05, 3.63) is 85.8 Å². The molecule has 4 aromatic rings. The van der Waals surface area contributed by atoms with Crippen molar-refractivity contribution in [2.45, 2.75) is 53.0 Å². The smallest absolute Gasteiger partial charge is 0.268 e. The maximum atomic E-state index is 4.69. The number of imidazole rings is 1. The molecule has 0 saturated carbocycles. The van der Waals surface area contributed by atoms with Crippen LogP contribution in [0.15, 0.2) is 67.3 Å². The molecule has 0 bridgehead atoms. The second kappa shape index (κ2) is 13.7. The number of hydrogen-bond donors (Lipinski definition) is 0. The average Bonchev–Trinajstić information content (AvgIpc) is 3.53. The van der Waals surface area contributed by atoms with Crippen LogP contribution >= 0.6 is 0 Å². The van der Waals surface area contributed by atoms with Crippen LogP contribution < -0.4 is 4.57 Å². The molecule has 5 nitrogen and oxygen atoms in total. The van der Waals surface area contributed by atoms with Gasteiger partial charge >= 0.3 is 0 Å². The molecule has 1 aliphatic heterocycles. The Kier molecular flexibility index (Phi) is 12.1. The number of aromatic nitrogens is 5. The van der Waals surface area contributed by atoms with Crippen molar-refractivity contribution in [2.24, 2.45) is 14.1 Å². The largest absolute Gasteiger partial charge is 0.358 e. The molecule has 6 heteroatoms. The number of hydrogen-bond acceptors (Lipinski definition) is 2. The van der Waals surface area contributed by atoms with Gasteiger partial charge in [-0.05, 0) is 24.0 Å². The summed E-state index contributed by atoms with van der Waals surface area (Å²) in [4.78, 5) is 4.58. The van der Waals surface area contributed by atoms with Crippen molar-refractivity contribution in [1.82, 2.24) is 19.3 Å². The van der Waals surface area contributed by atoms with Crippen molar-refractivity contribution in [3.8, 4) is 22.8 Å². The van der Waals surface area contributed by atoms with Gasteiger partial charge in [-0.2, -0.15) is 0 Å². The van der Waals surface area contributed by atoms with Crippen LogP contribution in [0.1, 0.15) is 64.1 Å². The number of benzene rings is 2. The van der Waals surface area contributed by atoms with E-state index in [-0.39, 0.29) is 46.2 Å². The van der Waals surface area contributed by atoms with Crippen LogP contribution in [0.5, 0.6) is 0 Å². The van der Waals surface area contributed by atoms with E-state index in [0.717, 1.165) is 12.2 Å². The van der Waals surface area contributed by atoms with E-state index in [1.54, 1.807) is 0 Å². The van der Waals surface area contributed by atoms with E-state index in [0.29, 0.717) is 5.92 Å². The molecular formula is C28H39N5Y. The maximum Gasteiger partial charge on any atom is 0.268 e. The fourth-order valence-electron chi connectivity index (χ4n) is 4.51. The number of fused-ring (bicyclic) bond motifs is 3. The molecule has 0 amide bonds. The normalized spacial score (nSPS) is 13.6. The summed E-state index contributed by atoms with van der Waals surface area (Å²) in [7, 11) is 4.12. The van der Waals surface area contributed by atoms with Gasteiger partial charge in [0.15, 0.2) is 0 Å². The molecule has 0 spiro atoms. The standard InChI is InChI=1S/C23H24N5.2C2H6.CH3.Y/c1-16(17-8-4-6-10-19(17)22-24-12-13-26(22)2)14-21-18-9-5-7-11-20(18)23-27(3)15-25-28(21)23;2*1-2;;/h4-13,15-16,21H,14H2,1-3H3;2*1-2H3;1H3;/q+1;;;-1;/t16?,21-;;;;/m1..../s1. The van der Waals surface area contributed by atoms with E-state index >= 15 is 0 Å². The van der Waals surface area contributed by atoms with Gasteiger partial charge in [0.25, 0.3) is 12.2 Å². The first-order chi connectivity index (χ1) is 15.6. The van der Waals surface area contributed by atoms with E-state index in [1.165, 1.54) is 28.1 Å². The Morgan fingerprint density at radius 3 is 2.24 bits per heavy atom. The molecule has 0 saturated heterocycles. The Labute approximate surface area is 231 Å². The minimum absolute atomic E-state index is 0. The summed E-state index contributed by atoms with van der Waals surface area (Å²) in [6.07, 6.45) is 6.76. The number of rotatable bonds is 4. The Morgan fingerprint density at radius 1 is 0.971 bits per heavy atom. The van der Waals surface area contributed by atoms with Crippen molar-refractivity contribution >= 4 is 0 Å². The molecule has 0 N–H and O–H groups in total. The Morgan fingerprint density at radius 2 is 1.59 bits per heavy atom. The maximum absolute atomic E-state index is 4.69. The van der Waals surface area contributed by atoms with E-state index in [1.807, 2.05) is 53.5 Å². The topological polar surface area (TPSA) is 39.5 Å². The zero-order valence-corrected chi connectivity index (χ0v) is 24.9. The molecule has 1 aliphatic rings. The monoisotopic (exact) mass is 534 g/mol. The van der Waals surface area contributed by atoms with E-state index in [9.17, 15) is 0 Å². The van der Waals surface area contributed by atoms with Gasteiger partial charge in [0, 0.05) is 68.4 Å². The second-order valence-corrected chi connectivity index (χ2v) is 7.70. The minimum Gasteiger partial charge on any atom is -0.358 e. The van der Waals surface area contributed by atoms with Crippen LogP contribution in [0.4, 0.5) is 0 Å². The van der Waals surface area contributed by atoms with Crippen LogP contribution in [0.3, 0.4) is 0 Å². The third kappa shape index (κ3) is 5.58. The fourth-order valence-corrected chi connectivity index (χ4v) is 4.51. The van der Waals surface area contributed by atoms with Gasteiger partial charge in [0.1, 0.15) is 11.9 Å². The molecule has 0 fully saturated rings. The molecule has 1 unspecified atom stereocenters. The summed E-state index contributed by atoms with van der Waals surface area (Å²) >= 11 is 0. The first-order valence-electron chi connectivity index (χ1n) is 11.7. The van der Waals surface area contributed by atoms with E-state index in [4.69, 9.17) is 0 Å². The Hall–Kier alpha value is -2.11. The van der Waals surface area contributed by atoms with Gasteiger partial charge in [0.05, 0.1) is 12.6 Å².